The molecule has 0 spiro atoms. The SMILES string of the molecule is CC.COC(C)(C)C.CS(=O)c1ccc(C2CC2NC=O)cc1. The minimum atomic E-state index is -0.914. The van der Waals surface area contributed by atoms with E-state index in [-0.39, 0.29) is 5.60 Å². The van der Waals surface area contributed by atoms with Crippen LogP contribution in [0.1, 0.15) is 52.5 Å². The van der Waals surface area contributed by atoms with Gasteiger partial charge < -0.3 is 10.1 Å². The summed E-state index contributed by atoms with van der Waals surface area (Å²) in [5.41, 5.74) is 1.25. The Morgan fingerprint density at radius 1 is 1.22 bits per heavy atom. The first-order valence-corrected chi connectivity index (χ1v) is 9.52. The van der Waals surface area contributed by atoms with E-state index in [1.165, 1.54) is 5.56 Å². The Bertz CT molecular complexity index is 480. The van der Waals surface area contributed by atoms with Crippen LogP contribution < -0.4 is 5.32 Å². The molecule has 0 aromatic heterocycles. The zero-order valence-corrected chi connectivity index (χ0v) is 16.2. The summed E-state index contributed by atoms with van der Waals surface area (Å²) >= 11 is 0. The number of amides is 1. The Hall–Kier alpha value is -1.20. The lowest BCUT2D eigenvalue weighted by molar-refractivity contribution is -0.109. The van der Waals surface area contributed by atoms with Gasteiger partial charge in [-0.05, 0) is 44.9 Å². The predicted molar refractivity (Wildman–Crippen MR) is 97.2 cm³/mol. The first-order chi connectivity index (χ1) is 10.8. The molecule has 1 aromatic carbocycles. The van der Waals surface area contributed by atoms with Crippen molar-refractivity contribution in [1.82, 2.24) is 5.32 Å². The molecule has 0 bridgehead atoms. The lowest BCUT2D eigenvalue weighted by Gasteiger charge is -2.14. The minimum Gasteiger partial charge on any atom is -0.379 e. The maximum Gasteiger partial charge on any atom is 0.207 e. The van der Waals surface area contributed by atoms with Crippen LogP contribution in [0.2, 0.25) is 0 Å². The number of carbonyl (C=O) groups excluding carboxylic acids is 1. The van der Waals surface area contributed by atoms with E-state index in [1.54, 1.807) is 13.4 Å². The second-order valence-corrected chi connectivity index (χ2v) is 7.45. The van der Waals surface area contributed by atoms with E-state index in [0.717, 1.165) is 17.7 Å². The van der Waals surface area contributed by atoms with Gasteiger partial charge in [-0.15, -0.1) is 0 Å². The van der Waals surface area contributed by atoms with Crippen LogP contribution in [0.25, 0.3) is 0 Å². The van der Waals surface area contributed by atoms with E-state index in [9.17, 15) is 9.00 Å². The van der Waals surface area contributed by atoms with Crippen LogP contribution in [0.5, 0.6) is 0 Å². The maximum absolute atomic E-state index is 11.2. The smallest absolute Gasteiger partial charge is 0.207 e. The third-order valence-electron chi connectivity index (χ3n) is 3.33. The van der Waals surface area contributed by atoms with E-state index in [1.807, 2.05) is 58.9 Å². The lowest BCUT2D eigenvalue weighted by atomic mass is 10.1. The predicted octanol–water partition coefficient (Wildman–Crippen LogP) is 3.48. The van der Waals surface area contributed by atoms with Gasteiger partial charge in [0.15, 0.2) is 0 Å². The molecule has 132 valence electrons. The van der Waals surface area contributed by atoms with E-state index >= 15 is 0 Å². The van der Waals surface area contributed by atoms with Crippen LogP contribution in [-0.4, -0.2) is 35.6 Å². The summed E-state index contributed by atoms with van der Waals surface area (Å²) in [6.07, 6.45) is 3.43. The molecular weight excluding hydrogens is 310 g/mol. The van der Waals surface area contributed by atoms with Gasteiger partial charge in [-0.3, -0.25) is 9.00 Å². The van der Waals surface area contributed by atoms with Crippen LogP contribution in [0.15, 0.2) is 29.2 Å². The summed E-state index contributed by atoms with van der Waals surface area (Å²) in [7, 11) is 0.794. The third-order valence-corrected chi connectivity index (χ3v) is 4.26. The van der Waals surface area contributed by atoms with Crippen LogP contribution in [0, 0.1) is 0 Å². The summed E-state index contributed by atoms with van der Waals surface area (Å²) in [4.78, 5) is 11.1. The maximum atomic E-state index is 11.2. The number of hydrogen-bond donors (Lipinski definition) is 1. The summed E-state index contributed by atoms with van der Waals surface area (Å²) in [6.45, 7) is 10.1. The van der Waals surface area contributed by atoms with Crippen molar-refractivity contribution in [2.45, 2.75) is 63.5 Å². The summed E-state index contributed by atoms with van der Waals surface area (Å²) in [5, 5.41) is 2.76. The fourth-order valence-corrected chi connectivity index (χ4v) is 2.26. The standard InChI is InChI=1S/C11H13NO2S.C5H12O.C2H6/c1-15(14)9-4-2-8(3-5-9)10-6-11(10)12-7-13;1-5(2,3)6-4;1-2/h2-5,7,10-11H,6H2,1H3,(H,12,13);1-4H3;1-2H3. The lowest BCUT2D eigenvalue weighted by Crippen LogP contribution is -2.15. The van der Waals surface area contributed by atoms with Crippen LogP contribution in [0.4, 0.5) is 0 Å². The molecule has 23 heavy (non-hydrogen) atoms. The molecule has 0 aliphatic heterocycles. The molecule has 1 amide bonds. The average Bonchev–Trinajstić information content (AvgIpc) is 3.29. The molecule has 2 rings (SSSR count). The Balaban J connectivity index is 0.000000515. The van der Waals surface area contributed by atoms with E-state index < -0.39 is 10.8 Å². The van der Waals surface area contributed by atoms with Crippen molar-refractivity contribution in [3.63, 3.8) is 0 Å². The normalized spacial score (nSPS) is 20.1. The monoisotopic (exact) mass is 341 g/mol. The highest BCUT2D eigenvalue weighted by molar-refractivity contribution is 7.84. The van der Waals surface area contributed by atoms with Crippen molar-refractivity contribution in [3.05, 3.63) is 29.8 Å². The second kappa shape index (κ2) is 10.6. The van der Waals surface area contributed by atoms with Gasteiger partial charge in [0.25, 0.3) is 0 Å². The van der Waals surface area contributed by atoms with Gasteiger partial charge in [0.2, 0.25) is 6.41 Å². The molecule has 1 aliphatic rings. The number of nitrogens with one attached hydrogen (secondary N) is 1. The highest BCUT2D eigenvalue weighted by atomic mass is 32.2. The van der Waals surface area contributed by atoms with Gasteiger partial charge in [0.05, 0.1) is 5.60 Å². The van der Waals surface area contributed by atoms with Crippen LogP contribution in [0.3, 0.4) is 0 Å². The van der Waals surface area contributed by atoms with Gasteiger partial charge >= 0.3 is 0 Å². The first kappa shape index (κ1) is 21.8. The molecule has 3 unspecified atom stereocenters. The minimum absolute atomic E-state index is 0.0417. The van der Waals surface area contributed by atoms with Crippen molar-refractivity contribution < 1.29 is 13.7 Å². The van der Waals surface area contributed by atoms with E-state index in [0.29, 0.717) is 12.0 Å². The van der Waals surface area contributed by atoms with Gasteiger partial charge in [-0.1, -0.05) is 26.0 Å². The number of carbonyl (C=O) groups is 1. The van der Waals surface area contributed by atoms with Crippen molar-refractivity contribution in [2.24, 2.45) is 0 Å². The number of rotatable bonds is 4. The van der Waals surface area contributed by atoms with Gasteiger partial charge in [-0.2, -0.15) is 0 Å². The Labute approximate surface area is 143 Å². The van der Waals surface area contributed by atoms with Crippen molar-refractivity contribution in [3.8, 4) is 0 Å². The van der Waals surface area contributed by atoms with E-state index in [4.69, 9.17) is 4.74 Å². The number of benzene rings is 1. The number of hydrogen-bond acceptors (Lipinski definition) is 3. The van der Waals surface area contributed by atoms with Gasteiger partial charge in [0.1, 0.15) is 0 Å². The summed E-state index contributed by atoms with van der Waals surface area (Å²) in [6, 6.07) is 8.06. The zero-order valence-electron chi connectivity index (χ0n) is 15.4. The number of ether oxygens (including phenoxy) is 1. The largest absolute Gasteiger partial charge is 0.379 e. The third kappa shape index (κ3) is 8.86. The first-order valence-electron chi connectivity index (χ1n) is 7.96. The topological polar surface area (TPSA) is 55.4 Å². The Morgan fingerprint density at radius 2 is 1.70 bits per heavy atom. The molecule has 1 aliphatic carbocycles. The highest BCUT2D eigenvalue weighted by Crippen LogP contribution is 2.40. The molecule has 0 heterocycles. The Morgan fingerprint density at radius 3 is 2.04 bits per heavy atom. The van der Waals surface area contributed by atoms with Crippen LogP contribution in [-0.2, 0) is 20.3 Å². The second-order valence-electron chi connectivity index (χ2n) is 6.07. The number of methoxy groups -OCH3 is 1. The van der Waals surface area contributed by atoms with Crippen molar-refractivity contribution in [2.75, 3.05) is 13.4 Å². The molecule has 0 radical (unpaired) electrons. The quantitative estimate of drug-likeness (QED) is 0.853. The molecule has 4 nitrogen and oxygen atoms in total. The molecule has 5 heteroatoms. The molecule has 1 N–H and O–H groups in total. The van der Waals surface area contributed by atoms with Gasteiger partial charge in [0, 0.05) is 41.0 Å². The zero-order chi connectivity index (χ0) is 18.0. The highest BCUT2D eigenvalue weighted by Gasteiger charge is 2.37. The average molecular weight is 342 g/mol. The van der Waals surface area contributed by atoms with E-state index in [2.05, 4.69) is 5.32 Å². The molecular formula is C18H31NO3S. The molecule has 3 atom stereocenters. The molecule has 1 saturated carbocycles. The molecule has 0 saturated heterocycles. The summed E-state index contributed by atoms with van der Waals surface area (Å²) in [5.74, 6) is 0.439. The molecule has 1 aromatic rings. The van der Waals surface area contributed by atoms with Gasteiger partial charge in [-0.25, -0.2) is 0 Å². The summed E-state index contributed by atoms with van der Waals surface area (Å²) < 4.78 is 16.1. The van der Waals surface area contributed by atoms with Crippen molar-refractivity contribution in [1.29, 1.82) is 0 Å². The fraction of sp³-hybridized carbons (Fsp3) is 0.611. The molecule has 1 fully saturated rings. The van der Waals surface area contributed by atoms with Crippen molar-refractivity contribution >= 4 is 17.2 Å². The fourth-order valence-electron chi connectivity index (χ4n) is 1.74. The van der Waals surface area contributed by atoms with Crippen LogP contribution >= 0.6 is 0 Å². The Kier molecular flexibility index (Phi) is 10.0.